The molecule has 1 saturated heterocycles. The van der Waals surface area contributed by atoms with Gasteiger partial charge in [-0.2, -0.15) is 0 Å². The lowest BCUT2D eigenvalue weighted by Gasteiger charge is -2.22. The minimum Gasteiger partial charge on any atom is -0.395 e. The van der Waals surface area contributed by atoms with E-state index in [0.29, 0.717) is 20.8 Å². The molecule has 0 aliphatic carbocycles. The smallest absolute Gasteiger partial charge is 0.238 e. The molecule has 1 aromatic carbocycles. The molecule has 1 unspecified atom stereocenters. The number of anilines is 1. The van der Waals surface area contributed by atoms with Gasteiger partial charge in [-0.05, 0) is 31.5 Å². The van der Waals surface area contributed by atoms with Crippen molar-refractivity contribution >= 4 is 46.4 Å². The predicted octanol–water partition coefficient (Wildman–Crippen LogP) is 3.04. The monoisotopic (exact) mass is 336 g/mol. The fraction of sp³-hybridized carbons (Fsp3) is 0.462. The van der Waals surface area contributed by atoms with Crippen LogP contribution in [0.5, 0.6) is 0 Å². The predicted molar refractivity (Wildman–Crippen MR) is 81.8 cm³/mol. The molecule has 1 aliphatic heterocycles. The first kappa shape index (κ1) is 15.9. The van der Waals surface area contributed by atoms with Crippen molar-refractivity contribution in [2.75, 3.05) is 25.0 Å². The maximum absolute atomic E-state index is 12.0. The largest absolute Gasteiger partial charge is 0.395 e. The summed E-state index contributed by atoms with van der Waals surface area (Å²) in [5, 5.41) is 12.9. The van der Waals surface area contributed by atoms with E-state index in [4.69, 9.17) is 34.8 Å². The molecule has 1 heterocycles. The Bertz CT molecular complexity index is 487. The third-order valence-electron chi connectivity index (χ3n) is 3.33. The molecule has 1 amide bonds. The van der Waals surface area contributed by atoms with Crippen LogP contribution in [-0.4, -0.2) is 41.7 Å². The van der Waals surface area contributed by atoms with E-state index in [2.05, 4.69) is 5.32 Å². The molecular weight excluding hydrogens is 323 g/mol. The number of halogens is 3. The topological polar surface area (TPSA) is 52.6 Å². The summed E-state index contributed by atoms with van der Waals surface area (Å²) in [7, 11) is 0. The highest BCUT2D eigenvalue weighted by Gasteiger charge is 2.25. The Morgan fingerprint density at radius 3 is 2.60 bits per heavy atom. The average Bonchev–Trinajstić information content (AvgIpc) is 2.81. The maximum Gasteiger partial charge on any atom is 0.238 e. The van der Waals surface area contributed by atoms with Crippen LogP contribution in [0.25, 0.3) is 0 Å². The Morgan fingerprint density at radius 1 is 1.35 bits per heavy atom. The van der Waals surface area contributed by atoms with Gasteiger partial charge in [-0.25, -0.2) is 0 Å². The van der Waals surface area contributed by atoms with Gasteiger partial charge in [0.15, 0.2) is 0 Å². The Hall–Kier alpha value is -0.520. The first-order valence-electron chi connectivity index (χ1n) is 6.30. The van der Waals surface area contributed by atoms with Crippen LogP contribution in [0.2, 0.25) is 15.1 Å². The van der Waals surface area contributed by atoms with Crippen LogP contribution in [0.15, 0.2) is 12.1 Å². The van der Waals surface area contributed by atoms with Gasteiger partial charge in [0.25, 0.3) is 0 Å². The molecule has 2 N–H and O–H groups in total. The molecule has 0 spiro atoms. The number of nitrogens with one attached hydrogen (secondary N) is 1. The van der Waals surface area contributed by atoms with E-state index in [9.17, 15) is 9.90 Å². The first-order valence-corrected chi connectivity index (χ1v) is 7.44. The van der Waals surface area contributed by atoms with Crippen molar-refractivity contribution in [1.82, 2.24) is 4.90 Å². The normalized spacial score (nSPS) is 19.3. The van der Waals surface area contributed by atoms with E-state index in [1.807, 2.05) is 4.90 Å². The second-order valence-corrected chi connectivity index (χ2v) is 5.99. The molecule has 0 radical (unpaired) electrons. The van der Waals surface area contributed by atoms with Crippen molar-refractivity contribution in [3.63, 3.8) is 0 Å². The van der Waals surface area contributed by atoms with Crippen molar-refractivity contribution in [2.24, 2.45) is 0 Å². The van der Waals surface area contributed by atoms with Crippen LogP contribution >= 0.6 is 34.8 Å². The number of aliphatic hydroxyl groups is 1. The van der Waals surface area contributed by atoms with Crippen LogP contribution in [-0.2, 0) is 4.79 Å². The first-order chi connectivity index (χ1) is 9.51. The molecule has 110 valence electrons. The summed E-state index contributed by atoms with van der Waals surface area (Å²) in [5.41, 5.74) is 0.363. The molecule has 0 aromatic heterocycles. The highest BCUT2D eigenvalue weighted by molar-refractivity contribution is 6.42. The molecule has 1 aromatic rings. The molecular formula is C13H15Cl3N2O2. The van der Waals surface area contributed by atoms with E-state index >= 15 is 0 Å². The lowest BCUT2D eigenvalue weighted by atomic mass is 10.2. The van der Waals surface area contributed by atoms with Crippen molar-refractivity contribution in [1.29, 1.82) is 0 Å². The number of benzene rings is 1. The zero-order valence-corrected chi connectivity index (χ0v) is 13.0. The van der Waals surface area contributed by atoms with Gasteiger partial charge in [-0.3, -0.25) is 9.69 Å². The fourth-order valence-corrected chi connectivity index (χ4v) is 3.25. The van der Waals surface area contributed by atoms with E-state index in [-0.39, 0.29) is 25.1 Å². The third kappa shape index (κ3) is 3.77. The number of rotatable bonds is 4. The number of likely N-dealkylation sites (tertiary alicyclic amines) is 1. The van der Waals surface area contributed by atoms with E-state index < -0.39 is 0 Å². The summed E-state index contributed by atoms with van der Waals surface area (Å²) in [6, 6.07) is 3.10. The second-order valence-electron chi connectivity index (χ2n) is 4.74. The van der Waals surface area contributed by atoms with Crippen LogP contribution in [0.1, 0.15) is 12.8 Å². The van der Waals surface area contributed by atoms with Gasteiger partial charge in [-0.1, -0.05) is 34.8 Å². The van der Waals surface area contributed by atoms with Crippen molar-refractivity contribution in [2.45, 2.75) is 18.9 Å². The highest BCUT2D eigenvalue weighted by atomic mass is 35.5. The minimum atomic E-state index is -0.212. The molecule has 20 heavy (non-hydrogen) atoms. The maximum atomic E-state index is 12.0. The van der Waals surface area contributed by atoms with E-state index in [1.165, 1.54) is 12.1 Å². The van der Waals surface area contributed by atoms with Gasteiger partial charge in [0.1, 0.15) is 0 Å². The van der Waals surface area contributed by atoms with Gasteiger partial charge in [-0.15, -0.1) is 0 Å². The zero-order chi connectivity index (χ0) is 14.7. The number of aliphatic hydroxyl groups excluding tert-OH is 1. The Kier molecular flexibility index (Phi) is 5.52. The van der Waals surface area contributed by atoms with Gasteiger partial charge in [0, 0.05) is 11.1 Å². The van der Waals surface area contributed by atoms with E-state index in [0.717, 1.165) is 19.4 Å². The minimum absolute atomic E-state index is 0.0527. The molecule has 0 bridgehead atoms. The standard InChI is InChI=1S/C13H15Cl3N2O2/c14-8-4-10(15)13(11(16)5-8)17-12(20)6-18-3-1-2-9(18)7-19/h4-5,9,19H,1-3,6-7H2,(H,17,20). The zero-order valence-electron chi connectivity index (χ0n) is 10.7. The van der Waals surface area contributed by atoms with Gasteiger partial charge in [0.05, 0.1) is 28.9 Å². The van der Waals surface area contributed by atoms with Gasteiger partial charge in [0.2, 0.25) is 5.91 Å². The third-order valence-corrected chi connectivity index (χ3v) is 4.14. The summed E-state index contributed by atoms with van der Waals surface area (Å²) in [5.74, 6) is -0.212. The number of carbonyl (C=O) groups is 1. The average molecular weight is 338 g/mol. The highest BCUT2D eigenvalue weighted by Crippen LogP contribution is 2.33. The molecule has 7 heteroatoms. The van der Waals surface area contributed by atoms with Crippen molar-refractivity contribution in [3.8, 4) is 0 Å². The Morgan fingerprint density at radius 2 is 2.00 bits per heavy atom. The SMILES string of the molecule is O=C(CN1CCCC1CO)Nc1c(Cl)cc(Cl)cc1Cl. The van der Waals surface area contributed by atoms with Crippen LogP contribution in [0, 0.1) is 0 Å². The number of carbonyl (C=O) groups excluding carboxylic acids is 1. The molecule has 1 atom stereocenters. The molecule has 1 aliphatic rings. The Labute approximate surface area is 132 Å². The Balaban J connectivity index is 2.01. The summed E-state index contributed by atoms with van der Waals surface area (Å²) in [4.78, 5) is 14.0. The number of nitrogens with zero attached hydrogens (tertiary/aromatic N) is 1. The van der Waals surface area contributed by atoms with E-state index in [1.54, 1.807) is 0 Å². The lowest BCUT2D eigenvalue weighted by Crippen LogP contribution is -2.38. The summed E-state index contributed by atoms with van der Waals surface area (Å²) in [6.07, 6.45) is 1.90. The van der Waals surface area contributed by atoms with Crippen LogP contribution < -0.4 is 5.32 Å². The lowest BCUT2D eigenvalue weighted by molar-refractivity contribution is -0.117. The molecule has 4 nitrogen and oxygen atoms in total. The van der Waals surface area contributed by atoms with Crippen molar-refractivity contribution in [3.05, 3.63) is 27.2 Å². The second kappa shape index (κ2) is 6.96. The number of hydrogen-bond acceptors (Lipinski definition) is 3. The van der Waals surface area contributed by atoms with Crippen molar-refractivity contribution < 1.29 is 9.90 Å². The van der Waals surface area contributed by atoms with Gasteiger partial charge >= 0.3 is 0 Å². The quantitative estimate of drug-likeness (QED) is 0.888. The van der Waals surface area contributed by atoms with Crippen LogP contribution in [0.4, 0.5) is 5.69 Å². The van der Waals surface area contributed by atoms with Crippen LogP contribution in [0.3, 0.4) is 0 Å². The summed E-state index contributed by atoms with van der Waals surface area (Å²) in [6.45, 7) is 1.08. The fourth-order valence-electron chi connectivity index (χ4n) is 2.34. The molecule has 2 rings (SSSR count). The summed E-state index contributed by atoms with van der Waals surface area (Å²) < 4.78 is 0. The summed E-state index contributed by atoms with van der Waals surface area (Å²) >= 11 is 17.8. The molecule has 0 saturated carbocycles. The van der Waals surface area contributed by atoms with Gasteiger partial charge < -0.3 is 10.4 Å². The molecule has 1 fully saturated rings. The number of hydrogen-bond donors (Lipinski definition) is 2. The number of amides is 1.